The zero-order valence-electron chi connectivity index (χ0n) is 27.1. The van der Waals surface area contributed by atoms with E-state index in [0.29, 0.717) is 56.6 Å². The largest absolute Gasteiger partial charge is 0.490 e. The standard InChI is InChI=1S/C25H39N13O5S.C2HF3O2/c26-24(27)36-10-7-16(8-11-36)12-19(22(40)30-13-21(39)32-18-5-3-9-37(23(18)41)25(28)29)33-44(42,43)14-17-4-1-2-6-20(17)38-15-31-34-35-38;3-2(4,5)1(6)7/h1-2,4,6,15-16,18-19,23,33,41H,3,5,7-14H2,(H3,26,27)(H3,28,29)(H,30,40)(H,32,39);(H,6,7)/t18-,19+,23?;/m0./s1. The predicted molar refractivity (Wildman–Crippen MR) is 172 cm³/mol. The molecule has 2 saturated heterocycles. The number of aliphatic hydroxyl groups excluding tert-OH is 1. The maximum absolute atomic E-state index is 13.4. The van der Waals surface area contributed by atoms with Crippen LogP contribution in [0.1, 0.15) is 37.7 Å². The lowest BCUT2D eigenvalue weighted by Gasteiger charge is -2.38. The van der Waals surface area contributed by atoms with Crippen molar-refractivity contribution < 1.29 is 46.2 Å². The number of aliphatic carboxylic acids is 1. The minimum absolute atomic E-state index is 0.0404. The lowest BCUT2D eigenvalue weighted by Crippen LogP contribution is -2.59. The van der Waals surface area contributed by atoms with Crippen LogP contribution in [0.5, 0.6) is 0 Å². The number of benzene rings is 1. The van der Waals surface area contributed by atoms with Crippen molar-refractivity contribution in [3.63, 3.8) is 0 Å². The predicted octanol–water partition coefficient (Wildman–Crippen LogP) is -2.01. The van der Waals surface area contributed by atoms with Gasteiger partial charge in [0.05, 0.1) is 24.0 Å². The van der Waals surface area contributed by atoms with Gasteiger partial charge in [0.25, 0.3) is 0 Å². The third-order valence-corrected chi connectivity index (χ3v) is 9.35. The Labute approximate surface area is 289 Å². The summed E-state index contributed by atoms with van der Waals surface area (Å²) in [6.07, 6.45) is -2.51. The van der Waals surface area contributed by atoms with Crippen LogP contribution in [0.4, 0.5) is 13.2 Å². The monoisotopic (exact) mass is 747 g/mol. The van der Waals surface area contributed by atoms with Gasteiger partial charge in [-0.3, -0.25) is 20.4 Å². The van der Waals surface area contributed by atoms with E-state index in [-0.39, 0.29) is 24.3 Å². The number of carboxylic acid groups (broad SMARTS) is 1. The maximum Gasteiger partial charge on any atom is 0.490 e. The Hall–Kier alpha value is -5.10. The molecule has 4 rings (SSSR count). The van der Waals surface area contributed by atoms with Gasteiger partial charge in [-0.15, -0.1) is 5.10 Å². The van der Waals surface area contributed by atoms with Gasteiger partial charge in [-0.05, 0) is 60.1 Å². The highest BCUT2D eigenvalue weighted by molar-refractivity contribution is 7.88. The topological polar surface area (TPSA) is 312 Å². The number of guanidine groups is 2. The molecular weight excluding hydrogens is 707 g/mol. The number of carbonyl (C=O) groups is 3. The average Bonchev–Trinajstić information content (AvgIpc) is 3.59. The van der Waals surface area contributed by atoms with Crippen molar-refractivity contribution in [1.82, 2.24) is 45.4 Å². The summed E-state index contributed by atoms with van der Waals surface area (Å²) < 4.78 is 62.4. The molecule has 0 aliphatic carbocycles. The Morgan fingerprint density at radius 3 is 2.27 bits per heavy atom. The Morgan fingerprint density at radius 2 is 1.71 bits per heavy atom. The third kappa shape index (κ3) is 12.3. The lowest BCUT2D eigenvalue weighted by molar-refractivity contribution is -0.192. The number of hydrogen-bond donors (Lipinski definition) is 9. The molecule has 2 fully saturated rings. The van der Waals surface area contributed by atoms with E-state index < -0.39 is 64.6 Å². The Kier molecular flexibility index (Phi) is 14.0. The number of nitrogens with two attached hydrogens (primary N) is 2. The van der Waals surface area contributed by atoms with Crippen LogP contribution in [-0.4, -0.2) is 129 Å². The van der Waals surface area contributed by atoms with E-state index >= 15 is 0 Å². The molecule has 51 heavy (non-hydrogen) atoms. The van der Waals surface area contributed by atoms with E-state index in [4.69, 9.17) is 32.2 Å². The normalized spacial score (nSPS) is 18.9. The third-order valence-electron chi connectivity index (χ3n) is 8.01. The van der Waals surface area contributed by atoms with Crippen LogP contribution in [0.25, 0.3) is 5.69 Å². The van der Waals surface area contributed by atoms with Gasteiger partial charge >= 0.3 is 12.1 Å². The van der Waals surface area contributed by atoms with Crippen LogP contribution in [-0.2, 0) is 30.2 Å². The van der Waals surface area contributed by atoms with E-state index in [9.17, 15) is 36.3 Å². The Morgan fingerprint density at radius 1 is 1.06 bits per heavy atom. The van der Waals surface area contributed by atoms with Gasteiger partial charge in [-0.1, -0.05) is 18.2 Å². The Balaban J connectivity index is 0.000000908. The fourth-order valence-electron chi connectivity index (χ4n) is 5.48. The highest BCUT2D eigenvalue weighted by Crippen LogP contribution is 2.23. The van der Waals surface area contributed by atoms with Crippen LogP contribution in [0.3, 0.4) is 0 Å². The number of aliphatic hydroxyl groups is 1. The highest BCUT2D eigenvalue weighted by atomic mass is 32.2. The summed E-state index contributed by atoms with van der Waals surface area (Å²) in [6.45, 7) is 0.936. The molecule has 1 aromatic carbocycles. The second-order valence-electron chi connectivity index (χ2n) is 11.7. The molecule has 24 heteroatoms. The number of para-hydroxylation sites is 1. The van der Waals surface area contributed by atoms with Crippen LogP contribution in [0.2, 0.25) is 0 Å². The van der Waals surface area contributed by atoms with Crippen LogP contribution < -0.4 is 26.8 Å². The van der Waals surface area contributed by atoms with Gasteiger partial charge in [0, 0.05) is 19.6 Å². The molecule has 0 bridgehead atoms. The molecular formula is C27H40F3N13O7S. The van der Waals surface area contributed by atoms with Crippen molar-refractivity contribution in [2.45, 2.75) is 62.3 Å². The zero-order valence-corrected chi connectivity index (χ0v) is 27.9. The molecule has 3 atom stereocenters. The van der Waals surface area contributed by atoms with Crippen molar-refractivity contribution in [1.29, 1.82) is 10.8 Å². The number of tetrazole rings is 1. The number of rotatable bonds is 11. The molecule has 0 radical (unpaired) electrons. The van der Waals surface area contributed by atoms with Gasteiger partial charge < -0.3 is 42.1 Å². The van der Waals surface area contributed by atoms with Crippen LogP contribution in [0.15, 0.2) is 30.6 Å². The van der Waals surface area contributed by atoms with E-state index in [2.05, 4.69) is 30.9 Å². The summed E-state index contributed by atoms with van der Waals surface area (Å²) >= 11 is 0. The second-order valence-corrected chi connectivity index (χ2v) is 13.4. The number of aromatic nitrogens is 4. The number of alkyl halides is 3. The van der Waals surface area contributed by atoms with Gasteiger partial charge in [0.1, 0.15) is 18.6 Å². The van der Waals surface area contributed by atoms with Crippen molar-refractivity contribution in [2.75, 3.05) is 26.2 Å². The molecule has 282 valence electrons. The van der Waals surface area contributed by atoms with E-state index in [0.717, 1.165) is 0 Å². The quantitative estimate of drug-likeness (QED) is 0.0887. The van der Waals surface area contributed by atoms with Gasteiger partial charge in [-0.2, -0.15) is 13.2 Å². The number of nitrogens with one attached hydrogen (secondary N) is 5. The van der Waals surface area contributed by atoms with E-state index in [1.165, 1.54) is 15.9 Å². The number of likely N-dealkylation sites (tertiary alicyclic amines) is 2. The van der Waals surface area contributed by atoms with Gasteiger partial charge in [0.15, 0.2) is 11.9 Å². The fraction of sp³-hybridized carbons (Fsp3) is 0.556. The molecule has 0 saturated carbocycles. The minimum atomic E-state index is -5.08. The second kappa shape index (κ2) is 17.7. The van der Waals surface area contributed by atoms with Gasteiger partial charge in [-0.25, -0.2) is 22.6 Å². The first-order valence-corrected chi connectivity index (χ1v) is 17.1. The smallest absolute Gasteiger partial charge is 0.475 e. The first kappa shape index (κ1) is 40.3. The fourth-order valence-corrected chi connectivity index (χ4v) is 6.85. The number of amides is 2. The number of carboxylic acids is 1. The average molecular weight is 748 g/mol. The summed E-state index contributed by atoms with van der Waals surface area (Å²) in [5.41, 5.74) is 12.0. The van der Waals surface area contributed by atoms with Crippen molar-refractivity contribution in [3.8, 4) is 5.69 Å². The Bertz CT molecular complexity index is 1640. The molecule has 1 unspecified atom stereocenters. The lowest BCUT2D eigenvalue weighted by atomic mass is 9.90. The van der Waals surface area contributed by atoms with Crippen LogP contribution in [0, 0.1) is 16.7 Å². The number of sulfonamides is 1. The summed E-state index contributed by atoms with van der Waals surface area (Å²) in [5.74, 6) is -4.87. The SMILES string of the molecule is N=C(N)N1CCC(C[C@@H](NS(=O)(=O)Cc2ccccc2-n2cnnn2)C(=O)NCC(=O)N[C@H]2CCCN(C(=N)N)C2O)CC1.O=C(O)C(F)(F)F. The minimum Gasteiger partial charge on any atom is -0.475 e. The number of piperidine rings is 2. The molecule has 2 amide bonds. The molecule has 2 aliphatic heterocycles. The molecule has 1 aromatic heterocycles. The highest BCUT2D eigenvalue weighted by Gasteiger charge is 2.38. The molecule has 0 spiro atoms. The maximum atomic E-state index is 13.4. The summed E-state index contributed by atoms with van der Waals surface area (Å²) in [7, 11) is -4.08. The first-order valence-electron chi connectivity index (χ1n) is 15.4. The number of carbonyl (C=O) groups excluding carboxylic acids is 2. The van der Waals surface area contributed by atoms with E-state index in [1.807, 2.05) is 0 Å². The van der Waals surface area contributed by atoms with E-state index in [1.54, 1.807) is 29.2 Å². The first-order chi connectivity index (χ1) is 23.9. The van der Waals surface area contributed by atoms with Crippen molar-refractivity contribution in [2.24, 2.45) is 17.4 Å². The molecule has 20 nitrogen and oxygen atoms in total. The van der Waals surface area contributed by atoms with Gasteiger partial charge in [0.2, 0.25) is 21.8 Å². The summed E-state index contributed by atoms with van der Waals surface area (Å²) in [5, 5.41) is 49.1. The summed E-state index contributed by atoms with van der Waals surface area (Å²) in [6, 6.07) is 4.82. The van der Waals surface area contributed by atoms with Crippen LogP contribution >= 0.6 is 0 Å². The number of halogens is 3. The zero-order chi connectivity index (χ0) is 37.9. The summed E-state index contributed by atoms with van der Waals surface area (Å²) in [4.78, 5) is 37.9. The van der Waals surface area contributed by atoms with Crippen molar-refractivity contribution in [3.05, 3.63) is 36.2 Å². The van der Waals surface area contributed by atoms with Crippen molar-refractivity contribution >= 4 is 39.7 Å². The molecule has 11 N–H and O–H groups in total. The number of hydrogen-bond acceptors (Lipinski definition) is 11. The molecule has 2 aliphatic rings. The number of nitrogens with zero attached hydrogens (tertiary/aromatic N) is 6. The molecule has 2 aromatic rings. The molecule has 3 heterocycles.